The molecule has 0 unspecified atom stereocenters. The van der Waals surface area contributed by atoms with E-state index in [2.05, 4.69) is 87.7 Å². The first-order valence-corrected chi connectivity index (χ1v) is 26.1. The molecule has 26 heteroatoms. The van der Waals surface area contributed by atoms with Crippen molar-refractivity contribution in [3.8, 4) is 0 Å². The summed E-state index contributed by atoms with van der Waals surface area (Å²) in [6.45, 7) is 4.98. The number of imidazole rings is 1. The number of thiol groups is 2. The molecule has 76 heavy (non-hydrogen) atoms. The lowest BCUT2D eigenvalue weighted by Crippen LogP contribution is -2.61. The molecule has 4 rings (SSSR count). The van der Waals surface area contributed by atoms with Gasteiger partial charge in [0.2, 0.25) is 53.2 Å². The van der Waals surface area contributed by atoms with Crippen molar-refractivity contribution in [1.29, 1.82) is 0 Å². The highest BCUT2D eigenvalue weighted by atomic mass is 32.1. The second kappa shape index (κ2) is 31.3. The molecule has 2 aromatic heterocycles. The normalized spacial score (nSPS) is 14.2. The number of amides is 9. The van der Waals surface area contributed by atoms with Crippen LogP contribution in [0.1, 0.15) is 69.7 Å². The maximum atomic E-state index is 14.7. The molecule has 0 bridgehead atoms. The first-order valence-electron chi connectivity index (χ1n) is 24.8. The molecule has 4 aromatic rings. The summed E-state index contributed by atoms with van der Waals surface area (Å²) in [5.41, 5.74) is 19.0. The van der Waals surface area contributed by atoms with Gasteiger partial charge in [-0.05, 0) is 42.4 Å². The van der Waals surface area contributed by atoms with Gasteiger partial charge < -0.3 is 69.7 Å². The van der Waals surface area contributed by atoms with Crippen LogP contribution in [0.25, 0.3) is 10.9 Å². The molecule has 0 aliphatic carbocycles. The number of nitrogens with two attached hydrogens (primary N) is 3. The average molecular weight is 1090 g/mol. The number of rotatable bonds is 32. The summed E-state index contributed by atoms with van der Waals surface area (Å²) < 4.78 is 0. The largest absolute Gasteiger partial charge is 0.370 e. The van der Waals surface area contributed by atoms with Crippen molar-refractivity contribution in [3.05, 3.63) is 90.1 Å². The Balaban J connectivity index is 1.62. The predicted octanol–water partition coefficient (Wildman–Crippen LogP) is -1.33. The third-order valence-corrected chi connectivity index (χ3v) is 13.0. The number of nitrogens with one attached hydrogen (secondary N) is 10. The fourth-order valence-corrected chi connectivity index (χ4v) is 8.44. The van der Waals surface area contributed by atoms with E-state index < -0.39 is 95.5 Å². The van der Waals surface area contributed by atoms with Crippen molar-refractivity contribution < 1.29 is 43.2 Å². The highest BCUT2D eigenvalue weighted by Gasteiger charge is 2.34. The van der Waals surface area contributed by atoms with Crippen molar-refractivity contribution in [3.63, 3.8) is 0 Å². The fraction of sp³-hybridized carbons (Fsp3) is 0.460. The molecule has 0 fully saturated rings. The lowest BCUT2D eigenvalue weighted by atomic mass is 9.98. The second-order valence-electron chi connectivity index (χ2n) is 18.1. The van der Waals surface area contributed by atoms with Crippen LogP contribution >= 0.6 is 25.3 Å². The van der Waals surface area contributed by atoms with Crippen molar-refractivity contribution in [2.24, 2.45) is 28.1 Å². The van der Waals surface area contributed by atoms with Gasteiger partial charge in [-0.1, -0.05) is 68.8 Å². The average Bonchev–Trinajstić information content (AvgIpc) is 4.07. The van der Waals surface area contributed by atoms with Crippen molar-refractivity contribution in [2.75, 3.05) is 24.6 Å². The number of aromatic amines is 2. The molecule has 412 valence electrons. The predicted molar refractivity (Wildman–Crippen MR) is 292 cm³/mol. The Hall–Kier alpha value is -7.61. The maximum Gasteiger partial charge on any atom is 0.244 e. The number of fused-ring (bicyclic) bond motifs is 1. The number of guanidine groups is 1. The molecule has 0 saturated carbocycles. The standard InChI is InChI=1S/C50H71N15O9S2/c1-4-28(2)42(59-29(3)66)49(74)65-40(26-76)48(73)64-38(22-32-24-54-27-58-32)47(72)62-36(20-30-12-6-5-7-13-30)46(71)61-35(16-10-19-56-50(52)53)45(70)63-37(21-31-23-57-34-15-9-8-14-33(31)34)44(69)55-18-11-17-41(67)60-39(25-75)43(51)68/h5-9,12-15,23-24,27-28,35-40,42,57,75-76H,4,10-11,16-22,25-26H2,1-3H3,(H2,51,68)(H,54,58)(H,55,69)(H,59,66)(H,60,67)(H,61,71)(H,62,72)(H,63,70)(H,64,73)(H,65,74)(H4,52,53,56)/t28-,35-,36+,37-,38-,39-,40-,42-/m0/s1. The monoisotopic (exact) mass is 1090 g/mol. The van der Waals surface area contributed by atoms with Crippen LogP contribution < -0.4 is 59.7 Å². The summed E-state index contributed by atoms with van der Waals surface area (Å²) in [6, 6.07) is 7.64. The zero-order valence-corrected chi connectivity index (χ0v) is 44.5. The number of benzene rings is 2. The SMILES string of the molecule is CC[C@H](C)[C@H](NC(C)=O)C(=O)N[C@@H](CS)C(=O)N[C@@H](Cc1cnc[nH]1)C(=O)N[C@H](Cc1ccccc1)C(=O)N[C@@H](CCCN=C(N)N)C(=O)N[C@@H](Cc1c[nH]c2ccccc12)C(=O)NCCCC(=O)N[C@@H](CS)C(N)=O. The lowest BCUT2D eigenvalue weighted by Gasteiger charge is -2.28. The lowest BCUT2D eigenvalue weighted by molar-refractivity contribution is -0.135. The Morgan fingerprint density at radius 1 is 0.658 bits per heavy atom. The van der Waals surface area contributed by atoms with E-state index in [4.69, 9.17) is 17.2 Å². The molecule has 0 spiro atoms. The summed E-state index contributed by atoms with van der Waals surface area (Å²) in [7, 11) is 0. The third kappa shape index (κ3) is 19.9. The van der Waals surface area contributed by atoms with Crippen molar-refractivity contribution in [2.45, 2.75) is 114 Å². The highest BCUT2D eigenvalue weighted by Crippen LogP contribution is 2.20. The van der Waals surface area contributed by atoms with Crippen LogP contribution in [0, 0.1) is 5.92 Å². The van der Waals surface area contributed by atoms with Gasteiger partial charge in [0, 0.05) is 86.2 Å². The second-order valence-corrected chi connectivity index (χ2v) is 18.9. The Labute approximate surface area is 451 Å². The van der Waals surface area contributed by atoms with Gasteiger partial charge in [-0.3, -0.25) is 48.1 Å². The van der Waals surface area contributed by atoms with E-state index in [1.165, 1.54) is 19.4 Å². The number of H-pyrrole nitrogens is 2. The summed E-state index contributed by atoms with van der Waals surface area (Å²) in [4.78, 5) is 135. The van der Waals surface area contributed by atoms with Gasteiger partial charge in [0.1, 0.15) is 42.3 Å². The number of hydrogen-bond donors (Lipinski definition) is 15. The number of carbonyl (C=O) groups is 9. The summed E-state index contributed by atoms with van der Waals surface area (Å²) in [6.07, 6.45) is 5.12. The van der Waals surface area contributed by atoms with Gasteiger partial charge in [-0.15, -0.1) is 0 Å². The number of aliphatic imine (C=N–C) groups is 1. The minimum absolute atomic E-state index is 0.000604. The number of nitrogens with zero attached hydrogens (tertiary/aromatic N) is 2. The minimum atomic E-state index is -1.37. The van der Waals surface area contributed by atoms with Crippen molar-refractivity contribution >= 4 is 95.3 Å². The van der Waals surface area contributed by atoms with Crippen LogP contribution in [0.4, 0.5) is 0 Å². The van der Waals surface area contributed by atoms with Gasteiger partial charge in [0.05, 0.1) is 6.33 Å². The smallest absolute Gasteiger partial charge is 0.244 e. The molecule has 2 heterocycles. The van der Waals surface area contributed by atoms with E-state index in [0.29, 0.717) is 23.2 Å². The summed E-state index contributed by atoms with van der Waals surface area (Å²) in [5.74, 6) is -6.71. The number of carbonyl (C=O) groups excluding carboxylic acids is 9. The fourth-order valence-electron chi connectivity index (χ4n) is 7.91. The van der Waals surface area contributed by atoms with Gasteiger partial charge >= 0.3 is 0 Å². The molecule has 8 atom stereocenters. The maximum absolute atomic E-state index is 14.7. The molecular formula is C50H71N15O9S2. The molecule has 24 nitrogen and oxygen atoms in total. The van der Waals surface area contributed by atoms with E-state index >= 15 is 0 Å². The Morgan fingerprint density at radius 3 is 1.86 bits per heavy atom. The number of aromatic nitrogens is 3. The van der Waals surface area contributed by atoms with Crippen molar-refractivity contribution in [1.82, 2.24) is 57.5 Å². The molecule has 2 aromatic carbocycles. The van der Waals surface area contributed by atoms with Crippen LogP contribution in [0.5, 0.6) is 0 Å². The number of hydrogen-bond acceptors (Lipinski definition) is 13. The van der Waals surface area contributed by atoms with Crippen LogP contribution in [0.3, 0.4) is 0 Å². The van der Waals surface area contributed by atoms with E-state index in [1.807, 2.05) is 31.2 Å². The van der Waals surface area contributed by atoms with Crippen LogP contribution in [-0.4, -0.2) is 141 Å². The van der Waals surface area contributed by atoms with Gasteiger partial charge in [-0.25, -0.2) is 4.98 Å². The van der Waals surface area contributed by atoms with Gasteiger partial charge in [-0.2, -0.15) is 25.3 Å². The van der Waals surface area contributed by atoms with Crippen LogP contribution in [0.2, 0.25) is 0 Å². The van der Waals surface area contributed by atoms with Crippen LogP contribution in [-0.2, 0) is 62.4 Å². The number of para-hydroxylation sites is 1. The molecule has 0 radical (unpaired) electrons. The minimum Gasteiger partial charge on any atom is -0.370 e. The summed E-state index contributed by atoms with van der Waals surface area (Å²) in [5, 5.41) is 22.4. The zero-order chi connectivity index (χ0) is 55.7. The first kappa shape index (κ1) is 60.9. The molecule has 0 aliphatic rings. The van der Waals surface area contributed by atoms with E-state index in [1.54, 1.807) is 43.5 Å². The van der Waals surface area contributed by atoms with E-state index in [0.717, 1.165) is 10.9 Å². The quantitative estimate of drug-likeness (QED) is 0.0117. The Bertz CT molecular complexity index is 2610. The summed E-state index contributed by atoms with van der Waals surface area (Å²) >= 11 is 8.35. The third-order valence-electron chi connectivity index (χ3n) is 12.2. The van der Waals surface area contributed by atoms with Gasteiger partial charge in [0.15, 0.2) is 5.96 Å². The molecule has 9 amide bonds. The number of primary amides is 1. The Kier molecular flexibility index (Phi) is 25.1. The topological polar surface area (TPSA) is 385 Å². The zero-order valence-electron chi connectivity index (χ0n) is 42.7. The van der Waals surface area contributed by atoms with Gasteiger partial charge in [0.25, 0.3) is 0 Å². The molecule has 0 aliphatic heterocycles. The first-order chi connectivity index (χ1) is 36.3. The van der Waals surface area contributed by atoms with E-state index in [-0.39, 0.29) is 81.4 Å². The highest BCUT2D eigenvalue weighted by molar-refractivity contribution is 7.80. The molecule has 16 N–H and O–H groups in total. The Morgan fingerprint density at radius 2 is 1.25 bits per heavy atom. The molecular weight excluding hydrogens is 1020 g/mol. The van der Waals surface area contributed by atoms with E-state index in [9.17, 15) is 43.2 Å². The molecule has 0 saturated heterocycles. The van der Waals surface area contributed by atoms with Crippen LogP contribution in [0.15, 0.2) is 78.3 Å².